The van der Waals surface area contributed by atoms with Gasteiger partial charge >= 0.3 is 0 Å². The third-order valence-corrected chi connectivity index (χ3v) is 4.95. The van der Waals surface area contributed by atoms with E-state index in [-0.39, 0.29) is 11.6 Å². The summed E-state index contributed by atoms with van der Waals surface area (Å²) in [6.45, 7) is 4.76. The number of hydrogen-bond acceptors (Lipinski definition) is 5. The molecule has 0 saturated carbocycles. The zero-order valence-electron chi connectivity index (χ0n) is 16.4. The van der Waals surface area contributed by atoms with E-state index >= 15 is 0 Å². The maximum absolute atomic E-state index is 12.3. The van der Waals surface area contributed by atoms with Crippen LogP contribution in [0.2, 0.25) is 0 Å². The van der Waals surface area contributed by atoms with Gasteiger partial charge in [0.1, 0.15) is 5.82 Å². The van der Waals surface area contributed by atoms with Crippen LogP contribution in [0.3, 0.4) is 0 Å². The number of rotatable bonds is 6. The lowest BCUT2D eigenvalue weighted by Crippen LogP contribution is -2.26. The molecule has 0 bridgehead atoms. The molecule has 6 heteroatoms. The number of aromatic nitrogens is 2. The Kier molecular flexibility index (Phi) is 5.46. The van der Waals surface area contributed by atoms with Gasteiger partial charge in [0, 0.05) is 6.54 Å². The molecule has 1 N–H and O–H groups in total. The lowest BCUT2D eigenvalue weighted by Gasteiger charge is -2.25. The quantitative estimate of drug-likeness (QED) is 0.723. The summed E-state index contributed by atoms with van der Waals surface area (Å²) in [5, 5.41) is 0.604. The molecule has 0 radical (unpaired) electrons. The number of nitrogens with one attached hydrogen (secondary N) is 1. The van der Waals surface area contributed by atoms with Crippen LogP contribution < -0.4 is 15.0 Å². The fourth-order valence-electron chi connectivity index (χ4n) is 3.11. The molecule has 1 atom stereocenters. The average molecular weight is 367 g/mol. The number of nitrogens with zero attached hydrogens (tertiary/aromatic N) is 2. The Hall–Kier alpha value is -2.86. The van der Waals surface area contributed by atoms with Crippen LogP contribution >= 0.6 is 0 Å². The van der Waals surface area contributed by atoms with Crippen molar-refractivity contribution >= 4 is 10.9 Å². The number of ether oxygens (including phenoxy) is 2. The zero-order chi connectivity index (χ0) is 19.6. The number of para-hydroxylation sites is 1. The molecular formula is C21H25N3O3. The number of aryl methyl sites for hydroxylation is 1. The summed E-state index contributed by atoms with van der Waals surface area (Å²) in [7, 11) is 5.27. The minimum Gasteiger partial charge on any atom is -0.493 e. The van der Waals surface area contributed by atoms with Gasteiger partial charge in [0.05, 0.1) is 31.2 Å². The van der Waals surface area contributed by atoms with E-state index in [1.807, 2.05) is 51.2 Å². The molecule has 0 aliphatic carbocycles. The van der Waals surface area contributed by atoms with Crippen molar-refractivity contribution < 1.29 is 9.47 Å². The fraction of sp³-hybridized carbons (Fsp3) is 0.333. The number of H-pyrrole nitrogens is 1. The molecule has 1 aromatic heterocycles. The van der Waals surface area contributed by atoms with Crippen LogP contribution in [0.4, 0.5) is 0 Å². The SMILES string of the molecule is COc1cc(C)c(CN(C)[C@H](C)c2nc3ccccc3c(=O)[nH]2)cc1OC. The van der Waals surface area contributed by atoms with Crippen molar-refractivity contribution in [2.24, 2.45) is 0 Å². The molecule has 6 nitrogen and oxygen atoms in total. The van der Waals surface area contributed by atoms with Crippen molar-refractivity contribution in [1.82, 2.24) is 14.9 Å². The van der Waals surface area contributed by atoms with E-state index in [1.165, 1.54) is 0 Å². The first-order valence-electron chi connectivity index (χ1n) is 8.85. The summed E-state index contributed by atoms with van der Waals surface area (Å²) in [6, 6.07) is 11.3. The van der Waals surface area contributed by atoms with Crippen molar-refractivity contribution in [3.8, 4) is 11.5 Å². The van der Waals surface area contributed by atoms with E-state index in [0.717, 1.165) is 16.9 Å². The van der Waals surface area contributed by atoms with Crippen molar-refractivity contribution in [3.63, 3.8) is 0 Å². The van der Waals surface area contributed by atoms with Gasteiger partial charge in [0.2, 0.25) is 0 Å². The number of fused-ring (bicyclic) bond motifs is 1. The molecule has 0 spiro atoms. The van der Waals surface area contributed by atoms with E-state index in [0.29, 0.717) is 29.0 Å². The highest BCUT2D eigenvalue weighted by molar-refractivity contribution is 5.77. The predicted molar refractivity (Wildman–Crippen MR) is 107 cm³/mol. The van der Waals surface area contributed by atoms with Gasteiger partial charge in [0.15, 0.2) is 11.5 Å². The topological polar surface area (TPSA) is 67.5 Å². The van der Waals surface area contributed by atoms with E-state index < -0.39 is 0 Å². The molecule has 0 aliphatic rings. The van der Waals surface area contributed by atoms with E-state index in [4.69, 9.17) is 9.47 Å². The van der Waals surface area contributed by atoms with Crippen LogP contribution in [0.15, 0.2) is 41.2 Å². The van der Waals surface area contributed by atoms with E-state index in [1.54, 1.807) is 20.3 Å². The van der Waals surface area contributed by atoms with Crippen LogP contribution in [0, 0.1) is 6.92 Å². The monoisotopic (exact) mass is 367 g/mol. The first-order chi connectivity index (χ1) is 12.9. The first kappa shape index (κ1) is 18.9. The number of aromatic amines is 1. The van der Waals surface area contributed by atoms with Gasteiger partial charge in [-0.1, -0.05) is 12.1 Å². The smallest absolute Gasteiger partial charge is 0.258 e. The van der Waals surface area contributed by atoms with Crippen molar-refractivity contribution in [2.45, 2.75) is 26.4 Å². The molecule has 0 saturated heterocycles. The van der Waals surface area contributed by atoms with E-state index in [9.17, 15) is 4.79 Å². The lowest BCUT2D eigenvalue weighted by molar-refractivity contribution is 0.243. The molecule has 0 amide bonds. The van der Waals surface area contributed by atoms with Gasteiger partial charge < -0.3 is 14.5 Å². The highest BCUT2D eigenvalue weighted by Gasteiger charge is 2.18. The third kappa shape index (κ3) is 3.80. The van der Waals surface area contributed by atoms with Crippen LogP contribution in [-0.4, -0.2) is 36.1 Å². The van der Waals surface area contributed by atoms with Crippen LogP contribution in [0.1, 0.15) is 29.9 Å². The minimum absolute atomic E-state index is 0.0604. The molecule has 1 heterocycles. The maximum atomic E-state index is 12.3. The van der Waals surface area contributed by atoms with Crippen LogP contribution in [0.25, 0.3) is 10.9 Å². The minimum atomic E-state index is -0.113. The lowest BCUT2D eigenvalue weighted by atomic mass is 10.1. The Morgan fingerprint density at radius 2 is 1.81 bits per heavy atom. The summed E-state index contributed by atoms with van der Waals surface area (Å²) >= 11 is 0. The standard InChI is InChI=1S/C21H25N3O3/c1-13-10-18(26-4)19(27-5)11-15(13)12-24(3)14(2)20-22-17-9-7-6-8-16(17)21(25)23-20/h6-11,14H,12H2,1-5H3,(H,22,23,25)/t14-/m1/s1. The van der Waals surface area contributed by atoms with E-state index in [2.05, 4.69) is 14.9 Å². The summed E-state index contributed by atoms with van der Waals surface area (Å²) in [4.78, 5) is 22.0. The second-order valence-corrected chi connectivity index (χ2v) is 6.69. The first-order valence-corrected chi connectivity index (χ1v) is 8.85. The second kappa shape index (κ2) is 7.80. The third-order valence-electron chi connectivity index (χ3n) is 4.95. The van der Waals surface area contributed by atoms with Crippen molar-refractivity contribution in [2.75, 3.05) is 21.3 Å². The van der Waals surface area contributed by atoms with Gasteiger partial charge in [-0.25, -0.2) is 4.98 Å². The maximum Gasteiger partial charge on any atom is 0.258 e. The van der Waals surface area contributed by atoms with Crippen molar-refractivity contribution in [1.29, 1.82) is 0 Å². The molecule has 0 fully saturated rings. The van der Waals surface area contributed by atoms with Crippen LogP contribution in [-0.2, 0) is 6.54 Å². The highest BCUT2D eigenvalue weighted by atomic mass is 16.5. The summed E-state index contributed by atoms with van der Waals surface area (Å²) in [5.74, 6) is 2.07. The summed E-state index contributed by atoms with van der Waals surface area (Å²) in [6.07, 6.45) is 0. The molecule has 3 rings (SSSR count). The highest BCUT2D eigenvalue weighted by Crippen LogP contribution is 2.31. The number of methoxy groups -OCH3 is 2. The molecule has 2 aromatic carbocycles. The van der Waals surface area contributed by atoms with Crippen molar-refractivity contribution in [3.05, 3.63) is 63.7 Å². The normalized spacial score (nSPS) is 12.4. The zero-order valence-corrected chi connectivity index (χ0v) is 16.4. The Labute approximate surface area is 158 Å². The second-order valence-electron chi connectivity index (χ2n) is 6.69. The van der Waals surface area contributed by atoms with Gasteiger partial charge in [-0.05, 0) is 56.3 Å². The summed E-state index contributed by atoms with van der Waals surface area (Å²) < 4.78 is 10.8. The molecule has 27 heavy (non-hydrogen) atoms. The van der Waals surface area contributed by atoms with Crippen LogP contribution in [0.5, 0.6) is 11.5 Å². The molecular weight excluding hydrogens is 342 g/mol. The fourth-order valence-corrected chi connectivity index (χ4v) is 3.11. The molecule has 0 unspecified atom stereocenters. The van der Waals surface area contributed by atoms with Gasteiger partial charge in [0.25, 0.3) is 5.56 Å². The Bertz CT molecular complexity index is 1010. The van der Waals surface area contributed by atoms with Gasteiger partial charge in [-0.15, -0.1) is 0 Å². The Morgan fingerprint density at radius 1 is 1.15 bits per heavy atom. The molecule has 142 valence electrons. The predicted octanol–water partition coefficient (Wildman–Crippen LogP) is 3.44. The van der Waals surface area contributed by atoms with Gasteiger partial charge in [-0.2, -0.15) is 0 Å². The molecule has 3 aromatic rings. The Balaban J connectivity index is 1.88. The number of benzene rings is 2. The molecule has 0 aliphatic heterocycles. The Morgan fingerprint density at radius 3 is 2.52 bits per heavy atom. The van der Waals surface area contributed by atoms with Gasteiger partial charge in [-0.3, -0.25) is 9.69 Å². The average Bonchev–Trinajstić information content (AvgIpc) is 2.68. The summed E-state index contributed by atoms with van der Waals surface area (Å²) in [5.41, 5.74) is 2.84. The number of hydrogen-bond donors (Lipinski definition) is 1. The largest absolute Gasteiger partial charge is 0.493 e.